The second kappa shape index (κ2) is 33.1. The van der Waals surface area contributed by atoms with Crippen LogP contribution in [0.1, 0.15) is 137 Å². The van der Waals surface area contributed by atoms with Gasteiger partial charge in [0.15, 0.2) is 0 Å². The molecule has 0 aromatic heterocycles. The number of rotatable bonds is 32. The van der Waals surface area contributed by atoms with E-state index in [4.69, 9.17) is 30.5 Å². The van der Waals surface area contributed by atoms with Crippen molar-refractivity contribution in [2.75, 3.05) is 104 Å². The van der Waals surface area contributed by atoms with Crippen LogP contribution in [-0.2, 0) is 38.1 Å². The average molecular weight is 1220 g/mol. The Kier molecular flexibility index (Phi) is 26.2. The first-order chi connectivity index (χ1) is 40.8. The van der Waals surface area contributed by atoms with Crippen LogP contribution in [0.15, 0.2) is 0 Å². The number of aliphatic hydroxyl groups is 1. The Morgan fingerprint density at radius 2 is 1.62 bits per heavy atom. The van der Waals surface area contributed by atoms with Crippen molar-refractivity contribution in [1.82, 2.24) is 68.1 Å². The third-order valence-corrected chi connectivity index (χ3v) is 22.1. The molecule has 6 saturated heterocycles. The number of hydrogen-bond acceptors (Lipinski definition) is 19. The molecule has 6 aliphatic heterocycles. The molecule has 10 N–H and O–H groups in total. The van der Waals surface area contributed by atoms with E-state index in [1.54, 1.807) is 9.80 Å². The molecule has 0 radical (unpaired) electrons. The van der Waals surface area contributed by atoms with Gasteiger partial charge in [-0.1, -0.05) is 53.4 Å². The molecule has 3 aliphatic carbocycles. The fourth-order valence-electron chi connectivity index (χ4n) is 15.5. The van der Waals surface area contributed by atoms with E-state index in [1.165, 1.54) is 12.8 Å². The summed E-state index contributed by atoms with van der Waals surface area (Å²) in [5.74, 6) is 1.99. The number of carbonyl (C=O) groups excluding carboxylic acids is 4. The van der Waals surface area contributed by atoms with Crippen molar-refractivity contribution in [3.8, 4) is 0 Å². The normalized spacial score (nSPS) is 35.2. The van der Waals surface area contributed by atoms with Crippen molar-refractivity contribution in [1.29, 1.82) is 0 Å². The molecule has 9 rings (SSSR count). The number of hydrogen-bond donors (Lipinski definition) is 10. The number of likely N-dealkylation sites (tertiary alicyclic amines) is 2. The number of ether oxygens (including phenoxy) is 4. The molecule has 0 spiro atoms. The zero-order valence-corrected chi connectivity index (χ0v) is 53.0. The number of thioether (sulfide) groups is 1. The number of β-amino-alcohol motifs (C(OH)–C–C–N with tert-alkyl or cyclic N) is 1. The van der Waals surface area contributed by atoms with Crippen LogP contribution < -0.4 is 48.3 Å². The summed E-state index contributed by atoms with van der Waals surface area (Å²) < 4.78 is 24.2. The molecular formula is C60H108ClN13O9S. The largest absolute Gasteiger partial charge is 0.391 e. The number of nitrogens with zero attached hydrogens (tertiary/aromatic N) is 4. The second-order valence-corrected chi connectivity index (χ2v) is 28.0. The van der Waals surface area contributed by atoms with E-state index in [9.17, 15) is 24.3 Å². The summed E-state index contributed by atoms with van der Waals surface area (Å²) in [6.07, 6.45) is 15.0. The van der Waals surface area contributed by atoms with E-state index in [0.29, 0.717) is 120 Å². The summed E-state index contributed by atoms with van der Waals surface area (Å²) >= 11 is 8.73. The van der Waals surface area contributed by atoms with Crippen molar-refractivity contribution in [2.45, 2.75) is 215 Å². The molecule has 3 saturated carbocycles. The van der Waals surface area contributed by atoms with Gasteiger partial charge in [-0.25, -0.2) is 15.4 Å². The minimum atomic E-state index is -0.800. The molecule has 84 heavy (non-hydrogen) atoms. The molecule has 22 nitrogen and oxygen atoms in total. The van der Waals surface area contributed by atoms with Crippen molar-refractivity contribution in [2.24, 2.45) is 35.5 Å². The maximum absolute atomic E-state index is 14.4. The number of nitrogens with one attached hydrogen (secondary N) is 9. The van der Waals surface area contributed by atoms with E-state index in [-0.39, 0.29) is 84.1 Å². The Bertz CT molecular complexity index is 2060. The van der Waals surface area contributed by atoms with Gasteiger partial charge in [-0.3, -0.25) is 35.2 Å². The number of alkyl halides is 1. The Morgan fingerprint density at radius 1 is 0.857 bits per heavy atom. The predicted octanol–water partition coefficient (Wildman–Crippen LogP) is 2.21. The van der Waals surface area contributed by atoms with Crippen LogP contribution in [0.4, 0.5) is 0 Å². The lowest BCUT2D eigenvalue weighted by molar-refractivity contribution is -0.149. The Hall–Kier alpha value is -2.04. The highest BCUT2D eigenvalue weighted by molar-refractivity contribution is 8.00. The standard InChI is InChI=1S/C60H108ClN13O9S/c1-6-40(7-2)50-30-53(74-57(68-50)49(61)32-66-74)67-45-17-16-44(28-45)63-33-54(76)62-18-10-12-46-35-71(70-69-46)19-20-80-21-22-81-23-24-82-25-26-83-52-27-41(56-39(5)65-37-84-56)14-15-42(52)31-64-58(77)51-29-47(75)36-72(51)60(79)55(38(3)4)73-34-43-11-8-9-13-48(43)59(73)78/h38-53,55-57,63,65-70,75H,6-37H2,1-5H3,(H,62,76)(H,64,77)/t39?,41?,42?,43?,44-,45-,46?,47+,48?,49?,50?,51-,52?,53?,55-,56?,57?/m0/s1. The quantitative estimate of drug-likeness (QED) is 0.0343. The van der Waals surface area contributed by atoms with Crippen LogP contribution in [0.3, 0.4) is 0 Å². The van der Waals surface area contributed by atoms with Gasteiger partial charge in [0.05, 0.1) is 82.7 Å². The van der Waals surface area contributed by atoms with Crippen LogP contribution in [0.5, 0.6) is 0 Å². The minimum Gasteiger partial charge on any atom is -0.391 e. The highest BCUT2D eigenvalue weighted by Crippen LogP contribution is 2.42. The third-order valence-electron chi connectivity index (χ3n) is 20.2. The molecule has 9 fully saturated rings. The highest BCUT2D eigenvalue weighted by Gasteiger charge is 2.51. The Balaban J connectivity index is 0.591. The maximum Gasteiger partial charge on any atom is 0.246 e. The lowest BCUT2D eigenvalue weighted by Gasteiger charge is -2.46. The summed E-state index contributed by atoms with van der Waals surface area (Å²) in [6.45, 7) is 18.6. The number of halogens is 1. The Labute approximate surface area is 510 Å². The summed E-state index contributed by atoms with van der Waals surface area (Å²) in [5.41, 5.74) is 10.2. The Morgan fingerprint density at radius 3 is 2.37 bits per heavy atom. The van der Waals surface area contributed by atoms with Gasteiger partial charge >= 0.3 is 0 Å². The van der Waals surface area contributed by atoms with Crippen molar-refractivity contribution < 1.29 is 43.2 Å². The maximum atomic E-state index is 14.4. The third kappa shape index (κ3) is 17.9. The average Bonchev–Trinajstić information content (AvgIpc) is 3.07. The number of hydrazine groups is 3. The summed E-state index contributed by atoms with van der Waals surface area (Å²) in [6, 6.07) is 0.476. The van der Waals surface area contributed by atoms with Crippen LogP contribution in [0, 0.1) is 35.5 Å². The molecule has 0 aromatic rings. The number of fused-ring (bicyclic) bond motifs is 2. The SMILES string of the molecule is CCC(CC)C1CC(N[C@H]2CC[C@H](NCC(=O)NCCCC3CN(CCOCCOCCOCCOC4CC(C5SCNC5C)CCC4CNC(=O)[C@@H]4C[C@@H](O)CN4C(=O)[C@H](C(C)C)N4CC5CCCCC5C4=O)NN3)C2)N2NCC(Cl)C2N1. The molecule has 12 unspecified atom stereocenters. The number of aliphatic hydroxyl groups excluding tert-OH is 1. The van der Waals surface area contributed by atoms with Gasteiger partial charge in [0.25, 0.3) is 0 Å². The van der Waals surface area contributed by atoms with Crippen LogP contribution in [-0.4, -0.2) is 230 Å². The summed E-state index contributed by atoms with van der Waals surface area (Å²) in [7, 11) is 0. The lowest BCUT2D eigenvalue weighted by Crippen LogP contribution is -2.67. The van der Waals surface area contributed by atoms with E-state index in [0.717, 1.165) is 109 Å². The van der Waals surface area contributed by atoms with Gasteiger partial charge in [-0.05, 0) is 101 Å². The first-order valence-electron chi connectivity index (χ1n) is 33.0. The molecule has 17 atom stereocenters. The first kappa shape index (κ1) is 66.4. The van der Waals surface area contributed by atoms with E-state index >= 15 is 0 Å². The van der Waals surface area contributed by atoms with Crippen molar-refractivity contribution in [3.63, 3.8) is 0 Å². The minimum absolute atomic E-state index is 0.00901. The fourth-order valence-corrected chi connectivity index (χ4v) is 17.3. The van der Waals surface area contributed by atoms with Crippen molar-refractivity contribution in [3.05, 3.63) is 0 Å². The van der Waals surface area contributed by atoms with Crippen LogP contribution in [0.25, 0.3) is 0 Å². The molecule has 0 bridgehead atoms. The molecule has 480 valence electrons. The zero-order valence-electron chi connectivity index (χ0n) is 51.4. The predicted molar refractivity (Wildman–Crippen MR) is 326 cm³/mol. The summed E-state index contributed by atoms with van der Waals surface area (Å²) in [5, 5.41) is 37.1. The zero-order chi connectivity index (χ0) is 59.1. The monoisotopic (exact) mass is 1220 g/mol. The smallest absolute Gasteiger partial charge is 0.246 e. The van der Waals surface area contributed by atoms with Gasteiger partial charge in [-0.2, -0.15) is 5.53 Å². The van der Waals surface area contributed by atoms with E-state index < -0.39 is 18.2 Å². The topological polar surface area (TPSA) is 247 Å². The van der Waals surface area contributed by atoms with E-state index in [2.05, 4.69) is 79.1 Å². The molecule has 24 heteroatoms. The number of carbonyl (C=O) groups is 4. The molecule has 9 aliphatic rings. The summed E-state index contributed by atoms with van der Waals surface area (Å²) in [4.78, 5) is 58.2. The van der Waals surface area contributed by atoms with Gasteiger partial charge in [0, 0.05) is 105 Å². The van der Waals surface area contributed by atoms with Gasteiger partial charge < -0.3 is 55.1 Å². The highest BCUT2D eigenvalue weighted by atomic mass is 35.5. The second-order valence-electron chi connectivity index (χ2n) is 26.3. The lowest BCUT2D eigenvalue weighted by atomic mass is 9.77. The first-order valence-corrected chi connectivity index (χ1v) is 34.5. The van der Waals surface area contributed by atoms with E-state index in [1.807, 2.05) is 25.6 Å². The van der Waals surface area contributed by atoms with Gasteiger partial charge in [0.2, 0.25) is 23.6 Å². The van der Waals surface area contributed by atoms with Crippen molar-refractivity contribution >= 4 is 47.0 Å². The molecular weight excluding hydrogens is 1110 g/mol. The molecule has 4 amide bonds. The molecule has 0 aromatic carbocycles. The van der Waals surface area contributed by atoms with Gasteiger partial charge in [-0.15, -0.1) is 23.4 Å². The number of amides is 4. The van der Waals surface area contributed by atoms with Crippen LogP contribution >= 0.6 is 23.4 Å². The fraction of sp³-hybridized carbons (Fsp3) is 0.933. The van der Waals surface area contributed by atoms with Gasteiger partial charge in [0.1, 0.15) is 12.1 Å². The molecule has 6 heterocycles. The van der Waals surface area contributed by atoms with Crippen LogP contribution in [0.2, 0.25) is 0 Å².